The summed E-state index contributed by atoms with van der Waals surface area (Å²) in [6.45, 7) is 6.18. The van der Waals surface area contributed by atoms with Crippen LogP contribution in [0, 0.1) is 17.3 Å². The predicted octanol–water partition coefficient (Wildman–Crippen LogP) is 5.72. The van der Waals surface area contributed by atoms with Gasteiger partial charge in [-0.15, -0.1) is 0 Å². The second-order valence-corrected chi connectivity index (χ2v) is 13.2. The summed E-state index contributed by atoms with van der Waals surface area (Å²) in [6.07, 6.45) is 9.92. The molecule has 3 heterocycles. The van der Waals surface area contributed by atoms with E-state index in [4.69, 9.17) is 4.74 Å². The van der Waals surface area contributed by atoms with E-state index in [0.29, 0.717) is 36.1 Å². The molecule has 0 bridgehead atoms. The molecule has 0 aromatic heterocycles. The fourth-order valence-electron chi connectivity index (χ4n) is 8.06. The van der Waals surface area contributed by atoms with Gasteiger partial charge in [0.25, 0.3) is 0 Å². The van der Waals surface area contributed by atoms with Crippen LogP contribution in [0.25, 0.3) is 0 Å². The SMILES string of the molecule is COc1ccc(CN2CCC3(CCN(C[C@H]4CN(C(=O)CC5CCCCC5)C[C@@H]4c4ccccc4)CC3)C2=O)cc1. The average Bonchev–Trinajstić information content (AvgIpc) is 3.57. The molecule has 0 radical (unpaired) electrons. The Balaban J connectivity index is 1.06. The summed E-state index contributed by atoms with van der Waals surface area (Å²) in [4.78, 5) is 33.8. The van der Waals surface area contributed by atoms with Crippen LogP contribution in [0.15, 0.2) is 54.6 Å². The van der Waals surface area contributed by atoms with Gasteiger partial charge in [0.2, 0.25) is 11.8 Å². The van der Waals surface area contributed by atoms with Crippen molar-refractivity contribution in [2.24, 2.45) is 17.3 Å². The molecule has 6 nitrogen and oxygen atoms in total. The highest BCUT2D eigenvalue weighted by Crippen LogP contribution is 2.43. The van der Waals surface area contributed by atoms with Gasteiger partial charge in [-0.3, -0.25) is 9.59 Å². The third kappa shape index (κ3) is 6.33. The molecule has 6 heteroatoms. The molecule has 2 aromatic rings. The number of rotatable bonds is 8. The minimum atomic E-state index is -0.195. The molecule has 3 saturated heterocycles. The van der Waals surface area contributed by atoms with Crippen molar-refractivity contribution >= 4 is 11.8 Å². The monoisotopic (exact) mass is 557 g/mol. The van der Waals surface area contributed by atoms with Crippen LogP contribution in [0.2, 0.25) is 0 Å². The Bertz CT molecular complexity index is 1170. The van der Waals surface area contributed by atoms with Crippen LogP contribution < -0.4 is 4.74 Å². The highest BCUT2D eigenvalue weighted by Gasteiger charge is 2.48. The second kappa shape index (κ2) is 12.6. The van der Waals surface area contributed by atoms with Crippen molar-refractivity contribution in [2.75, 3.05) is 46.4 Å². The van der Waals surface area contributed by atoms with Crippen LogP contribution >= 0.6 is 0 Å². The fourth-order valence-corrected chi connectivity index (χ4v) is 8.06. The molecule has 3 aliphatic heterocycles. The molecular weight excluding hydrogens is 510 g/mol. The average molecular weight is 558 g/mol. The normalized spacial score (nSPS) is 25.2. The minimum absolute atomic E-state index is 0.195. The quantitative estimate of drug-likeness (QED) is 0.417. The van der Waals surface area contributed by atoms with Crippen molar-refractivity contribution < 1.29 is 14.3 Å². The van der Waals surface area contributed by atoms with E-state index < -0.39 is 0 Å². The molecular formula is C35H47N3O3. The van der Waals surface area contributed by atoms with E-state index in [1.165, 1.54) is 37.7 Å². The first kappa shape index (κ1) is 28.3. The second-order valence-electron chi connectivity index (χ2n) is 13.2. The zero-order valence-corrected chi connectivity index (χ0v) is 24.8. The molecule has 1 aliphatic carbocycles. The standard InChI is InChI=1S/C35H47N3O3/c1-41-31-14-12-28(13-15-31)23-37-21-18-35(34(37)40)16-19-36(20-17-35)24-30-25-38(26-32(30)29-10-6-3-7-11-29)33(39)22-27-8-4-2-5-9-27/h3,6-7,10-15,27,30,32H,2,4-5,8-9,16-26H2,1H3/t30-,32+/m0/s1. The number of nitrogens with zero attached hydrogens (tertiary/aromatic N) is 3. The number of piperidine rings is 1. The minimum Gasteiger partial charge on any atom is -0.497 e. The van der Waals surface area contributed by atoms with E-state index in [1.54, 1.807) is 7.11 Å². The van der Waals surface area contributed by atoms with Crippen molar-refractivity contribution in [1.29, 1.82) is 0 Å². The molecule has 4 aliphatic rings. The Morgan fingerprint density at radius 3 is 2.32 bits per heavy atom. The molecule has 2 amide bonds. The summed E-state index contributed by atoms with van der Waals surface area (Å²) in [5.74, 6) is 2.96. The number of ether oxygens (including phenoxy) is 1. The topological polar surface area (TPSA) is 53.1 Å². The van der Waals surface area contributed by atoms with Crippen molar-refractivity contribution in [1.82, 2.24) is 14.7 Å². The number of carbonyl (C=O) groups excluding carboxylic acids is 2. The van der Waals surface area contributed by atoms with Gasteiger partial charge in [-0.1, -0.05) is 61.7 Å². The molecule has 41 heavy (non-hydrogen) atoms. The Morgan fingerprint density at radius 1 is 0.902 bits per heavy atom. The van der Waals surface area contributed by atoms with Crippen molar-refractivity contribution in [3.05, 3.63) is 65.7 Å². The van der Waals surface area contributed by atoms with Gasteiger partial charge in [-0.05, 0) is 80.3 Å². The van der Waals surface area contributed by atoms with E-state index in [-0.39, 0.29) is 5.41 Å². The van der Waals surface area contributed by atoms with Gasteiger partial charge < -0.3 is 19.4 Å². The first-order chi connectivity index (χ1) is 20.0. The van der Waals surface area contributed by atoms with Gasteiger partial charge in [0, 0.05) is 45.1 Å². The number of amides is 2. The lowest BCUT2D eigenvalue weighted by molar-refractivity contribution is -0.139. The lowest BCUT2D eigenvalue weighted by Gasteiger charge is -2.39. The Hall–Kier alpha value is -2.86. The summed E-state index contributed by atoms with van der Waals surface area (Å²) in [5, 5.41) is 0. The fraction of sp³-hybridized carbons (Fsp3) is 0.600. The van der Waals surface area contributed by atoms with Crippen LogP contribution in [0.5, 0.6) is 5.75 Å². The van der Waals surface area contributed by atoms with Crippen molar-refractivity contribution in [3.63, 3.8) is 0 Å². The maximum atomic E-state index is 13.6. The summed E-state index contributed by atoms with van der Waals surface area (Å²) in [5.41, 5.74) is 2.32. The Kier molecular flexibility index (Phi) is 8.66. The third-order valence-electron chi connectivity index (χ3n) is 10.6. The van der Waals surface area contributed by atoms with Crippen LogP contribution in [-0.2, 0) is 16.1 Å². The van der Waals surface area contributed by atoms with Crippen LogP contribution in [-0.4, -0.2) is 72.9 Å². The van der Waals surface area contributed by atoms with E-state index in [9.17, 15) is 9.59 Å². The molecule has 6 rings (SSSR count). The van der Waals surface area contributed by atoms with Crippen LogP contribution in [0.3, 0.4) is 0 Å². The molecule has 220 valence electrons. The zero-order chi connectivity index (χ0) is 28.2. The third-order valence-corrected chi connectivity index (χ3v) is 10.6. The van der Waals surface area contributed by atoms with Gasteiger partial charge in [0.15, 0.2) is 0 Å². The van der Waals surface area contributed by atoms with E-state index in [0.717, 1.165) is 76.3 Å². The van der Waals surface area contributed by atoms with Gasteiger partial charge >= 0.3 is 0 Å². The number of carbonyl (C=O) groups is 2. The lowest BCUT2D eigenvalue weighted by atomic mass is 9.76. The molecule has 2 aromatic carbocycles. The summed E-state index contributed by atoms with van der Waals surface area (Å²) < 4.78 is 5.28. The van der Waals surface area contributed by atoms with Gasteiger partial charge in [0.1, 0.15) is 5.75 Å². The number of hydrogen-bond acceptors (Lipinski definition) is 4. The molecule has 4 fully saturated rings. The number of likely N-dealkylation sites (tertiary alicyclic amines) is 3. The van der Waals surface area contributed by atoms with Gasteiger partial charge in [-0.25, -0.2) is 0 Å². The summed E-state index contributed by atoms with van der Waals surface area (Å²) in [6, 6.07) is 18.9. The highest BCUT2D eigenvalue weighted by molar-refractivity contribution is 5.85. The Labute approximate surface area is 246 Å². The van der Waals surface area contributed by atoms with Gasteiger partial charge in [0.05, 0.1) is 12.5 Å². The van der Waals surface area contributed by atoms with E-state index >= 15 is 0 Å². The maximum Gasteiger partial charge on any atom is 0.229 e. The summed E-state index contributed by atoms with van der Waals surface area (Å²) >= 11 is 0. The van der Waals surface area contributed by atoms with Crippen LogP contribution in [0.1, 0.15) is 74.8 Å². The lowest BCUT2D eigenvalue weighted by Crippen LogP contribution is -2.46. The zero-order valence-electron chi connectivity index (χ0n) is 24.8. The first-order valence-electron chi connectivity index (χ1n) is 16.0. The molecule has 0 unspecified atom stereocenters. The number of benzene rings is 2. The molecule has 1 saturated carbocycles. The van der Waals surface area contributed by atoms with Crippen molar-refractivity contribution in [3.8, 4) is 5.75 Å². The van der Waals surface area contributed by atoms with Crippen molar-refractivity contribution in [2.45, 2.75) is 70.3 Å². The molecule has 1 spiro atoms. The maximum absolute atomic E-state index is 13.6. The molecule has 0 N–H and O–H groups in total. The number of hydrogen-bond donors (Lipinski definition) is 0. The smallest absolute Gasteiger partial charge is 0.229 e. The highest BCUT2D eigenvalue weighted by atomic mass is 16.5. The van der Waals surface area contributed by atoms with Gasteiger partial charge in [-0.2, -0.15) is 0 Å². The number of methoxy groups -OCH3 is 1. The van der Waals surface area contributed by atoms with Crippen LogP contribution in [0.4, 0.5) is 0 Å². The molecule has 2 atom stereocenters. The predicted molar refractivity (Wildman–Crippen MR) is 162 cm³/mol. The van der Waals surface area contributed by atoms with E-state index in [2.05, 4.69) is 57.2 Å². The summed E-state index contributed by atoms with van der Waals surface area (Å²) in [7, 11) is 1.68. The largest absolute Gasteiger partial charge is 0.497 e. The Morgan fingerprint density at radius 2 is 1.61 bits per heavy atom. The van der Waals surface area contributed by atoms with E-state index in [1.807, 2.05) is 12.1 Å². The first-order valence-corrected chi connectivity index (χ1v) is 16.0.